The van der Waals surface area contributed by atoms with Gasteiger partial charge in [-0.3, -0.25) is 0 Å². The molecule has 0 unspecified atom stereocenters. The Morgan fingerprint density at radius 2 is 1.67 bits per heavy atom. The monoisotopic (exact) mass is 340 g/mol. The minimum atomic E-state index is -0.428. The van der Waals surface area contributed by atoms with Gasteiger partial charge in [-0.1, -0.05) is 59.1 Å². The van der Waals surface area contributed by atoms with E-state index >= 15 is 0 Å². The molecule has 0 saturated heterocycles. The average Bonchev–Trinajstić information content (AvgIpc) is 2.46. The summed E-state index contributed by atoms with van der Waals surface area (Å²) in [6.07, 6.45) is 3.19. The van der Waals surface area contributed by atoms with Crippen LogP contribution in [-0.2, 0) is 0 Å². The van der Waals surface area contributed by atoms with Crippen molar-refractivity contribution in [3.05, 3.63) is 69.3 Å². The zero-order chi connectivity index (χ0) is 15.2. The highest BCUT2D eigenvalue weighted by Crippen LogP contribution is 2.29. The molecule has 0 aliphatic rings. The molecule has 2 N–H and O–H groups in total. The van der Waals surface area contributed by atoms with Crippen LogP contribution in [0.15, 0.2) is 48.7 Å². The van der Waals surface area contributed by atoms with E-state index in [1.807, 2.05) is 18.2 Å². The van der Waals surface area contributed by atoms with Crippen LogP contribution >= 0.6 is 34.8 Å². The molecule has 0 fully saturated rings. The van der Waals surface area contributed by atoms with E-state index in [1.54, 1.807) is 30.3 Å². The van der Waals surface area contributed by atoms with Gasteiger partial charge in [0, 0.05) is 11.2 Å². The lowest BCUT2D eigenvalue weighted by Gasteiger charge is -2.07. The summed E-state index contributed by atoms with van der Waals surface area (Å²) in [5, 5.41) is 6.44. The van der Waals surface area contributed by atoms with Gasteiger partial charge in [-0.15, -0.1) is 0 Å². The van der Waals surface area contributed by atoms with Crippen molar-refractivity contribution in [3.8, 4) is 0 Å². The van der Waals surface area contributed by atoms with Crippen LogP contribution < -0.4 is 10.6 Å². The molecule has 2 amide bonds. The SMILES string of the molecule is O=C(N/C=C/c1ccccc1Cl)Nc1cccc(Cl)c1Cl. The number of nitrogens with one attached hydrogen (secondary N) is 2. The molecular formula is C15H11Cl3N2O. The van der Waals surface area contributed by atoms with Gasteiger partial charge >= 0.3 is 6.03 Å². The van der Waals surface area contributed by atoms with Crippen LogP contribution in [0.5, 0.6) is 0 Å². The maximum atomic E-state index is 11.7. The molecule has 0 aromatic heterocycles. The molecule has 0 spiro atoms. The van der Waals surface area contributed by atoms with Crippen LogP contribution in [0.25, 0.3) is 6.08 Å². The average molecular weight is 342 g/mol. The molecule has 108 valence electrons. The summed E-state index contributed by atoms with van der Waals surface area (Å²) in [5.74, 6) is 0. The van der Waals surface area contributed by atoms with Gasteiger partial charge in [0.05, 0.1) is 15.7 Å². The maximum Gasteiger partial charge on any atom is 0.323 e. The van der Waals surface area contributed by atoms with Crippen LogP contribution in [0.1, 0.15) is 5.56 Å². The number of urea groups is 1. The molecule has 0 aliphatic carbocycles. The number of amides is 2. The van der Waals surface area contributed by atoms with Crippen molar-refractivity contribution in [2.75, 3.05) is 5.32 Å². The summed E-state index contributed by atoms with van der Waals surface area (Å²) < 4.78 is 0. The zero-order valence-corrected chi connectivity index (χ0v) is 13.0. The Kier molecular flexibility index (Phi) is 5.51. The Morgan fingerprint density at radius 1 is 0.952 bits per heavy atom. The fraction of sp³-hybridized carbons (Fsp3) is 0. The van der Waals surface area contributed by atoms with E-state index in [0.29, 0.717) is 20.8 Å². The van der Waals surface area contributed by atoms with Gasteiger partial charge in [-0.2, -0.15) is 0 Å². The second kappa shape index (κ2) is 7.36. The molecule has 0 heterocycles. The van der Waals surface area contributed by atoms with Gasteiger partial charge in [-0.25, -0.2) is 4.79 Å². The normalized spacial score (nSPS) is 10.6. The number of benzene rings is 2. The largest absolute Gasteiger partial charge is 0.323 e. The number of hydrogen-bond acceptors (Lipinski definition) is 1. The van der Waals surface area contributed by atoms with Crippen LogP contribution in [0.3, 0.4) is 0 Å². The third-order valence-corrected chi connectivity index (χ3v) is 3.75. The summed E-state index contributed by atoms with van der Waals surface area (Å²) in [6, 6.07) is 11.9. The van der Waals surface area contributed by atoms with E-state index in [-0.39, 0.29) is 0 Å². The summed E-state index contributed by atoms with van der Waals surface area (Å²) in [6.45, 7) is 0. The van der Waals surface area contributed by atoms with Crippen LogP contribution in [0, 0.1) is 0 Å². The van der Waals surface area contributed by atoms with E-state index in [0.717, 1.165) is 5.56 Å². The van der Waals surface area contributed by atoms with E-state index in [4.69, 9.17) is 34.8 Å². The third-order valence-electron chi connectivity index (χ3n) is 2.58. The Balaban J connectivity index is 1.97. The quantitative estimate of drug-likeness (QED) is 0.767. The highest BCUT2D eigenvalue weighted by molar-refractivity contribution is 6.44. The van der Waals surface area contributed by atoms with Crippen molar-refractivity contribution in [1.29, 1.82) is 0 Å². The maximum absolute atomic E-state index is 11.7. The van der Waals surface area contributed by atoms with Gasteiger partial charge in [0.2, 0.25) is 0 Å². The summed E-state index contributed by atoms with van der Waals surface area (Å²) in [4.78, 5) is 11.7. The fourth-order valence-corrected chi connectivity index (χ4v) is 2.12. The van der Waals surface area contributed by atoms with Gasteiger partial charge in [0.25, 0.3) is 0 Å². The minimum Gasteiger partial charge on any atom is -0.314 e. The van der Waals surface area contributed by atoms with Gasteiger partial charge in [0.15, 0.2) is 0 Å². The van der Waals surface area contributed by atoms with Crippen LogP contribution in [-0.4, -0.2) is 6.03 Å². The molecule has 0 atom stereocenters. The molecule has 2 rings (SSSR count). The number of halogens is 3. The molecular weight excluding hydrogens is 331 g/mol. The van der Waals surface area contributed by atoms with E-state index in [9.17, 15) is 4.79 Å². The van der Waals surface area contributed by atoms with Gasteiger partial charge < -0.3 is 10.6 Å². The molecule has 2 aromatic carbocycles. The van der Waals surface area contributed by atoms with Gasteiger partial charge in [-0.05, 0) is 29.8 Å². The van der Waals surface area contributed by atoms with E-state index < -0.39 is 6.03 Å². The Labute approximate surface area is 137 Å². The van der Waals surface area contributed by atoms with Crippen molar-refractivity contribution in [1.82, 2.24) is 5.32 Å². The van der Waals surface area contributed by atoms with Crippen molar-refractivity contribution in [2.24, 2.45) is 0 Å². The van der Waals surface area contributed by atoms with Crippen LogP contribution in [0.4, 0.5) is 10.5 Å². The molecule has 0 saturated carbocycles. The lowest BCUT2D eigenvalue weighted by atomic mass is 10.2. The first kappa shape index (κ1) is 15.7. The molecule has 6 heteroatoms. The minimum absolute atomic E-state index is 0.296. The lowest BCUT2D eigenvalue weighted by molar-refractivity contribution is 0.255. The van der Waals surface area contributed by atoms with E-state index in [2.05, 4.69) is 10.6 Å². The second-order valence-corrected chi connectivity index (χ2v) is 5.25. The molecule has 0 radical (unpaired) electrons. The fourth-order valence-electron chi connectivity index (χ4n) is 1.58. The topological polar surface area (TPSA) is 41.1 Å². The highest BCUT2D eigenvalue weighted by Gasteiger charge is 2.06. The number of hydrogen-bond donors (Lipinski definition) is 2. The van der Waals surface area contributed by atoms with Crippen molar-refractivity contribution in [2.45, 2.75) is 0 Å². The zero-order valence-electron chi connectivity index (χ0n) is 10.7. The number of carbonyl (C=O) groups is 1. The third kappa shape index (κ3) is 4.39. The first-order valence-corrected chi connectivity index (χ1v) is 7.14. The number of anilines is 1. The Morgan fingerprint density at radius 3 is 2.43 bits per heavy atom. The first-order valence-electron chi connectivity index (χ1n) is 6.00. The summed E-state index contributed by atoms with van der Waals surface area (Å²) in [5.41, 5.74) is 1.24. The van der Waals surface area contributed by atoms with Crippen molar-refractivity contribution < 1.29 is 4.79 Å². The second-order valence-electron chi connectivity index (χ2n) is 4.05. The molecule has 0 aliphatic heterocycles. The number of carbonyl (C=O) groups excluding carboxylic acids is 1. The molecule has 3 nitrogen and oxygen atoms in total. The summed E-state index contributed by atoms with van der Waals surface area (Å²) in [7, 11) is 0. The standard InChI is InChI=1S/C15H11Cl3N2O/c16-11-5-2-1-4-10(11)8-9-19-15(21)20-13-7-3-6-12(17)14(13)18/h1-9H,(H2,19,20,21)/b9-8+. The van der Waals surface area contributed by atoms with E-state index in [1.165, 1.54) is 6.20 Å². The van der Waals surface area contributed by atoms with Crippen molar-refractivity contribution >= 4 is 52.6 Å². The predicted molar refractivity (Wildman–Crippen MR) is 89.1 cm³/mol. The smallest absolute Gasteiger partial charge is 0.314 e. The molecule has 21 heavy (non-hydrogen) atoms. The number of rotatable bonds is 3. The molecule has 2 aromatic rings. The Bertz CT molecular complexity index is 686. The predicted octanol–water partition coefficient (Wildman–Crippen LogP) is 5.44. The Hall–Kier alpha value is -1.68. The highest BCUT2D eigenvalue weighted by atomic mass is 35.5. The van der Waals surface area contributed by atoms with Crippen LogP contribution in [0.2, 0.25) is 15.1 Å². The van der Waals surface area contributed by atoms with Crippen molar-refractivity contribution in [3.63, 3.8) is 0 Å². The summed E-state index contributed by atoms with van der Waals surface area (Å²) >= 11 is 17.8. The first-order chi connectivity index (χ1) is 10.1. The lowest BCUT2D eigenvalue weighted by Crippen LogP contribution is -2.23. The van der Waals surface area contributed by atoms with Gasteiger partial charge in [0.1, 0.15) is 0 Å². The molecule has 0 bridgehead atoms.